The van der Waals surface area contributed by atoms with Gasteiger partial charge in [0, 0.05) is 24.3 Å². The van der Waals surface area contributed by atoms with Gasteiger partial charge in [-0.05, 0) is 45.4 Å². The summed E-state index contributed by atoms with van der Waals surface area (Å²) in [6.45, 7) is 6.51. The minimum atomic E-state index is -3.84. The Labute approximate surface area is 166 Å². The van der Waals surface area contributed by atoms with Gasteiger partial charge < -0.3 is 9.30 Å². The van der Waals surface area contributed by atoms with E-state index in [1.165, 1.54) is 23.5 Å². The first-order valence-electron chi connectivity index (χ1n) is 8.88. The van der Waals surface area contributed by atoms with E-state index in [9.17, 15) is 18.0 Å². The van der Waals surface area contributed by atoms with Crippen LogP contribution in [0.15, 0.2) is 35.2 Å². The molecule has 1 aromatic heterocycles. The first kappa shape index (κ1) is 21.8. The van der Waals surface area contributed by atoms with Gasteiger partial charge in [0.2, 0.25) is 10.0 Å². The molecule has 0 atom stereocenters. The number of benzene rings is 1. The first-order valence-corrected chi connectivity index (χ1v) is 10.3. The summed E-state index contributed by atoms with van der Waals surface area (Å²) < 4.78 is 33.6. The van der Waals surface area contributed by atoms with Crippen LogP contribution in [0.1, 0.15) is 46.0 Å². The molecule has 0 N–H and O–H groups in total. The summed E-state index contributed by atoms with van der Waals surface area (Å²) in [5.74, 6) is -0.909. The summed E-state index contributed by atoms with van der Waals surface area (Å²) >= 11 is 0. The van der Waals surface area contributed by atoms with Gasteiger partial charge in [-0.1, -0.05) is 18.2 Å². The summed E-state index contributed by atoms with van der Waals surface area (Å²) in [6.07, 6.45) is 0. The summed E-state index contributed by atoms with van der Waals surface area (Å²) in [7, 11) is -0.890. The molecule has 0 saturated carbocycles. The van der Waals surface area contributed by atoms with Crippen molar-refractivity contribution in [3.05, 3.63) is 52.8 Å². The fraction of sp³-hybridized carbons (Fsp3) is 0.400. The number of methoxy groups -OCH3 is 1. The van der Waals surface area contributed by atoms with E-state index in [0.29, 0.717) is 16.8 Å². The highest BCUT2D eigenvalue weighted by atomic mass is 32.2. The van der Waals surface area contributed by atoms with Crippen molar-refractivity contribution in [2.45, 2.75) is 38.6 Å². The van der Waals surface area contributed by atoms with Crippen LogP contribution >= 0.6 is 0 Å². The van der Waals surface area contributed by atoms with Crippen molar-refractivity contribution in [1.29, 1.82) is 0 Å². The number of aromatic nitrogens is 1. The molecular weight excluding hydrogens is 380 g/mol. The number of nitrogens with zero attached hydrogens (tertiary/aromatic N) is 2. The van der Waals surface area contributed by atoms with Crippen molar-refractivity contribution >= 4 is 21.8 Å². The number of ether oxygens (including phenoxy) is 1. The topological polar surface area (TPSA) is 85.7 Å². The summed E-state index contributed by atoms with van der Waals surface area (Å²) in [6, 6.07) is 7.60. The predicted octanol–water partition coefficient (Wildman–Crippen LogP) is 2.71. The third-order valence-electron chi connectivity index (χ3n) is 4.81. The highest BCUT2D eigenvalue weighted by molar-refractivity contribution is 7.89. The molecule has 0 amide bonds. The van der Waals surface area contributed by atoms with E-state index < -0.39 is 22.0 Å². The summed E-state index contributed by atoms with van der Waals surface area (Å²) in [5.41, 5.74) is 1.70. The van der Waals surface area contributed by atoms with Gasteiger partial charge in [0.1, 0.15) is 5.69 Å². The average Bonchev–Trinajstić information content (AvgIpc) is 2.88. The van der Waals surface area contributed by atoms with Crippen molar-refractivity contribution in [2.75, 3.05) is 13.7 Å². The van der Waals surface area contributed by atoms with E-state index in [1.807, 2.05) is 0 Å². The molecule has 28 heavy (non-hydrogen) atoms. The van der Waals surface area contributed by atoms with Crippen LogP contribution in [0.25, 0.3) is 0 Å². The van der Waals surface area contributed by atoms with Crippen LogP contribution in [0.4, 0.5) is 0 Å². The zero-order chi connectivity index (χ0) is 21.2. The third kappa shape index (κ3) is 3.88. The lowest BCUT2D eigenvalue weighted by Crippen LogP contribution is -2.40. The Morgan fingerprint density at radius 3 is 2.21 bits per heavy atom. The molecular formula is C20H26N2O5S. The van der Waals surface area contributed by atoms with Crippen LogP contribution in [-0.4, -0.2) is 48.7 Å². The number of hydrogen-bond acceptors (Lipinski definition) is 5. The van der Waals surface area contributed by atoms with Crippen LogP contribution in [0, 0.1) is 13.8 Å². The van der Waals surface area contributed by atoms with Gasteiger partial charge in [0.05, 0.1) is 18.6 Å². The number of hydrogen-bond donors (Lipinski definition) is 0. The molecule has 0 bridgehead atoms. The number of ketones is 1. The molecule has 0 aliphatic heterocycles. The fourth-order valence-electron chi connectivity index (χ4n) is 3.27. The lowest BCUT2D eigenvalue weighted by Gasteiger charge is -2.25. The van der Waals surface area contributed by atoms with Gasteiger partial charge in [-0.15, -0.1) is 0 Å². The van der Waals surface area contributed by atoms with Crippen molar-refractivity contribution in [2.24, 2.45) is 7.05 Å². The van der Waals surface area contributed by atoms with Crippen molar-refractivity contribution in [3.63, 3.8) is 0 Å². The molecule has 0 spiro atoms. The number of sulfonamides is 1. The van der Waals surface area contributed by atoms with Crippen LogP contribution in [0.3, 0.4) is 0 Å². The fourth-order valence-corrected chi connectivity index (χ4v) is 4.88. The lowest BCUT2D eigenvalue weighted by molar-refractivity contribution is 0.0588. The van der Waals surface area contributed by atoms with Crippen LogP contribution in [0.5, 0.6) is 0 Å². The largest absolute Gasteiger partial charge is 0.464 e. The smallest absolute Gasteiger partial charge is 0.354 e. The van der Waals surface area contributed by atoms with E-state index in [1.54, 1.807) is 57.5 Å². The average molecular weight is 407 g/mol. The van der Waals surface area contributed by atoms with Crippen molar-refractivity contribution in [3.8, 4) is 0 Å². The van der Waals surface area contributed by atoms with Gasteiger partial charge in [-0.2, -0.15) is 4.31 Å². The number of esters is 1. The molecule has 0 aliphatic carbocycles. The lowest BCUT2D eigenvalue weighted by atomic mass is 10.1. The Morgan fingerprint density at radius 2 is 1.71 bits per heavy atom. The molecule has 0 aliphatic rings. The molecule has 0 radical (unpaired) electrons. The Bertz CT molecular complexity index is 991. The molecule has 1 heterocycles. The minimum absolute atomic E-state index is 0.133. The van der Waals surface area contributed by atoms with E-state index in [0.717, 1.165) is 0 Å². The molecule has 1 aromatic carbocycles. The zero-order valence-electron chi connectivity index (χ0n) is 17.0. The quantitative estimate of drug-likeness (QED) is 0.521. The van der Waals surface area contributed by atoms with Crippen LogP contribution < -0.4 is 0 Å². The number of rotatable bonds is 7. The second kappa shape index (κ2) is 8.28. The van der Waals surface area contributed by atoms with E-state index in [2.05, 4.69) is 0 Å². The Hall–Kier alpha value is -2.45. The number of Topliss-reactive ketones (excluding diaryl/α,β-unsaturated/α-hetero) is 1. The van der Waals surface area contributed by atoms with E-state index >= 15 is 0 Å². The van der Waals surface area contributed by atoms with Crippen LogP contribution in [-0.2, 0) is 21.8 Å². The second-order valence-corrected chi connectivity index (χ2v) is 8.76. The normalized spacial score (nSPS) is 11.9. The standard InChI is InChI=1S/C20H26N2O5S/c1-13(2)22(28(25,26)16-10-8-7-9-11-16)12-17(23)18-14(3)19(20(24)27-6)21(5)15(18)4/h7-11,13H,12H2,1-6H3. The summed E-state index contributed by atoms with van der Waals surface area (Å²) in [5, 5.41) is 0. The van der Waals surface area contributed by atoms with Gasteiger partial charge >= 0.3 is 5.97 Å². The predicted molar refractivity (Wildman–Crippen MR) is 106 cm³/mol. The molecule has 0 unspecified atom stereocenters. The first-order chi connectivity index (χ1) is 13.0. The Morgan fingerprint density at radius 1 is 1.14 bits per heavy atom. The molecule has 0 fully saturated rings. The SMILES string of the molecule is COC(=O)c1c(C)c(C(=O)CN(C(C)C)S(=O)(=O)c2ccccc2)c(C)n1C. The molecule has 0 saturated heterocycles. The molecule has 152 valence electrons. The third-order valence-corrected chi connectivity index (χ3v) is 6.85. The molecule has 8 heteroatoms. The van der Waals surface area contributed by atoms with Crippen molar-refractivity contribution in [1.82, 2.24) is 8.87 Å². The zero-order valence-corrected chi connectivity index (χ0v) is 17.8. The highest BCUT2D eigenvalue weighted by Crippen LogP contribution is 2.25. The maximum Gasteiger partial charge on any atom is 0.354 e. The second-order valence-electron chi connectivity index (χ2n) is 6.86. The maximum atomic E-state index is 13.1. The number of carbonyl (C=O) groups is 2. The van der Waals surface area contributed by atoms with Gasteiger partial charge in [-0.3, -0.25) is 4.79 Å². The summed E-state index contributed by atoms with van der Waals surface area (Å²) in [4.78, 5) is 25.3. The van der Waals surface area contributed by atoms with Crippen LogP contribution in [0.2, 0.25) is 0 Å². The van der Waals surface area contributed by atoms with E-state index in [-0.39, 0.29) is 22.9 Å². The Balaban J connectivity index is 2.46. The molecule has 7 nitrogen and oxygen atoms in total. The van der Waals surface area contributed by atoms with Gasteiger partial charge in [0.15, 0.2) is 5.78 Å². The van der Waals surface area contributed by atoms with E-state index in [4.69, 9.17) is 4.74 Å². The molecule has 2 aromatic rings. The molecule has 2 rings (SSSR count). The monoisotopic (exact) mass is 406 g/mol. The van der Waals surface area contributed by atoms with Gasteiger partial charge in [0.25, 0.3) is 0 Å². The maximum absolute atomic E-state index is 13.1. The van der Waals surface area contributed by atoms with Crippen molar-refractivity contribution < 1.29 is 22.7 Å². The Kier molecular flexibility index (Phi) is 6.46. The highest BCUT2D eigenvalue weighted by Gasteiger charge is 2.32. The van der Waals surface area contributed by atoms with Gasteiger partial charge in [-0.25, -0.2) is 13.2 Å². The number of carbonyl (C=O) groups excluding carboxylic acids is 2. The minimum Gasteiger partial charge on any atom is -0.464 e.